The Morgan fingerprint density at radius 3 is 2.54 bits per heavy atom. The molecule has 26 heavy (non-hydrogen) atoms. The summed E-state index contributed by atoms with van der Waals surface area (Å²) < 4.78 is 21.3. The lowest BCUT2D eigenvalue weighted by molar-refractivity contribution is 0.0702. The van der Waals surface area contributed by atoms with E-state index in [2.05, 4.69) is 15.6 Å². The molecule has 7 nitrogen and oxygen atoms in total. The highest BCUT2D eigenvalue weighted by Gasteiger charge is 2.06. The molecular formula is C18H32IN3O4. The molecule has 1 aromatic carbocycles. The van der Waals surface area contributed by atoms with E-state index in [4.69, 9.17) is 18.9 Å². The third-order valence-corrected chi connectivity index (χ3v) is 3.22. The van der Waals surface area contributed by atoms with E-state index >= 15 is 0 Å². The Bertz CT molecular complexity index is 515. The highest BCUT2D eigenvalue weighted by atomic mass is 127. The summed E-state index contributed by atoms with van der Waals surface area (Å²) in [6.07, 6.45) is 0.854. The fraction of sp³-hybridized carbons (Fsp3) is 0.611. The van der Waals surface area contributed by atoms with Crippen molar-refractivity contribution in [3.63, 3.8) is 0 Å². The summed E-state index contributed by atoms with van der Waals surface area (Å²) in [7, 11) is 3.29. The molecule has 1 rings (SSSR count). The van der Waals surface area contributed by atoms with E-state index in [9.17, 15) is 0 Å². The molecule has 150 valence electrons. The van der Waals surface area contributed by atoms with Crippen LogP contribution in [0.1, 0.15) is 20.3 Å². The standard InChI is InChI=1S/C18H31N3O4.HI/c1-5-19-18(20-10-7-11-24-13-12-22-3)21-15-8-9-16(25-6-2)17(14-15)23-4;/h8-9,14H,5-7,10-13H2,1-4H3,(H2,19,20,21);1H. The number of anilines is 1. The lowest BCUT2D eigenvalue weighted by atomic mass is 10.2. The maximum Gasteiger partial charge on any atom is 0.195 e. The van der Waals surface area contributed by atoms with Gasteiger partial charge in [-0.1, -0.05) is 0 Å². The van der Waals surface area contributed by atoms with Gasteiger partial charge in [0.25, 0.3) is 0 Å². The monoisotopic (exact) mass is 481 g/mol. The predicted molar refractivity (Wildman–Crippen MR) is 116 cm³/mol. The molecule has 0 saturated heterocycles. The SMILES string of the molecule is CCNC(=NCCCOCCOC)Nc1ccc(OCC)c(OC)c1.I. The van der Waals surface area contributed by atoms with Gasteiger partial charge in [0, 0.05) is 38.6 Å². The molecule has 0 amide bonds. The minimum absolute atomic E-state index is 0. The Hall–Kier alpha value is -1.26. The first-order chi connectivity index (χ1) is 12.2. The molecule has 0 atom stereocenters. The summed E-state index contributed by atoms with van der Waals surface area (Å²) in [4.78, 5) is 4.55. The number of aliphatic imine (C=N–C) groups is 1. The summed E-state index contributed by atoms with van der Waals surface area (Å²) in [6.45, 7) is 7.94. The molecule has 0 unspecified atom stereocenters. The highest BCUT2D eigenvalue weighted by Crippen LogP contribution is 2.30. The van der Waals surface area contributed by atoms with Crippen LogP contribution in [0.15, 0.2) is 23.2 Å². The second kappa shape index (κ2) is 16.0. The fourth-order valence-electron chi connectivity index (χ4n) is 2.07. The van der Waals surface area contributed by atoms with Crippen molar-refractivity contribution >= 4 is 35.6 Å². The van der Waals surface area contributed by atoms with Crippen molar-refractivity contribution in [1.29, 1.82) is 0 Å². The van der Waals surface area contributed by atoms with Crippen molar-refractivity contribution in [3.8, 4) is 11.5 Å². The van der Waals surface area contributed by atoms with Gasteiger partial charge >= 0.3 is 0 Å². The lowest BCUT2D eigenvalue weighted by Crippen LogP contribution is -2.30. The molecule has 0 fully saturated rings. The van der Waals surface area contributed by atoms with Gasteiger partial charge in [-0.25, -0.2) is 0 Å². The second-order valence-electron chi connectivity index (χ2n) is 5.14. The van der Waals surface area contributed by atoms with Gasteiger partial charge in [0.15, 0.2) is 17.5 Å². The Morgan fingerprint density at radius 1 is 1.08 bits per heavy atom. The van der Waals surface area contributed by atoms with Gasteiger partial charge < -0.3 is 29.6 Å². The molecule has 0 heterocycles. The lowest BCUT2D eigenvalue weighted by Gasteiger charge is -2.14. The number of ether oxygens (including phenoxy) is 4. The first-order valence-corrected chi connectivity index (χ1v) is 8.68. The Balaban J connectivity index is 0.00000625. The van der Waals surface area contributed by atoms with Gasteiger partial charge in [-0.05, 0) is 32.4 Å². The first-order valence-electron chi connectivity index (χ1n) is 8.68. The smallest absolute Gasteiger partial charge is 0.195 e. The summed E-state index contributed by atoms with van der Waals surface area (Å²) in [6, 6.07) is 5.72. The van der Waals surface area contributed by atoms with Crippen molar-refractivity contribution in [2.24, 2.45) is 4.99 Å². The van der Waals surface area contributed by atoms with E-state index in [1.807, 2.05) is 32.0 Å². The Labute approximate surface area is 173 Å². The predicted octanol–water partition coefficient (Wildman–Crippen LogP) is 3.14. The number of halogens is 1. The van der Waals surface area contributed by atoms with E-state index in [0.29, 0.717) is 38.7 Å². The molecule has 0 aliphatic carbocycles. The summed E-state index contributed by atoms with van der Waals surface area (Å²) >= 11 is 0. The van der Waals surface area contributed by atoms with Crippen LogP contribution in [0, 0.1) is 0 Å². The number of hydrogen-bond donors (Lipinski definition) is 2. The molecule has 0 radical (unpaired) electrons. The number of hydrogen-bond acceptors (Lipinski definition) is 5. The fourth-order valence-corrected chi connectivity index (χ4v) is 2.07. The number of nitrogens with one attached hydrogen (secondary N) is 2. The van der Waals surface area contributed by atoms with Crippen LogP contribution in [0.3, 0.4) is 0 Å². The van der Waals surface area contributed by atoms with E-state index < -0.39 is 0 Å². The average Bonchev–Trinajstić information content (AvgIpc) is 2.62. The van der Waals surface area contributed by atoms with Gasteiger partial charge in [0.2, 0.25) is 0 Å². The summed E-state index contributed by atoms with van der Waals surface area (Å²) in [5.41, 5.74) is 0.886. The molecule has 0 aromatic heterocycles. The van der Waals surface area contributed by atoms with Crippen molar-refractivity contribution in [2.75, 3.05) is 59.1 Å². The number of nitrogens with zero attached hydrogens (tertiary/aromatic N) is 1. The van der Waals surface area contributed by atoms with Crippen molar-refractivity contribution in [1.82, 2.24) is 5.32 Å². The molecule has 0 aliphatic heterocycles. The zero-order chi connectivity index (χ0) is 18.3. The van der Waals surface area contributed by atoms with Crippen LogP contribution in [0.5, 0.6) is 11.5 Å². The van der Waals surface area contributed by atoms with Gasteiger partial charge in [-0.2, -0.15) is 0 Å². The molecule has 8 heteroatoms. The van der Waals surface area contributed by atoms with Crippen molar-refractivity contribution in [3.05, 3.63) is 18.2 Å². The summed E-state index contributed by atoms with van der Waals surface area (Å²) in [5, 5.41) is 6.50. The Morgan fingerprint density at radius 2 is 1.88 bits per heavy atom. The number of methoxy groups -OCH3 is 2. The molecule has 0 saturated carbocycles. The zero-order valence-electron chi connectivity index (χ0n) is 16.2. The van der Waals surface area contributed by atoms with Gasteiger partial charge in [0.05, 0.1) is 26.9 Å². The molecule has 1 aromatic rings. The largest absolute Gasteiger partial charge is 0.493 e. The molecule has 2 N–H and O–H groups in total. The van der Waals surface area contributed by atoms with Crippen LogP contribution >= 0.6 is 24.0 Å². The van der Waals surface area contributed by atoms with E-state index in [-0.39, 0.29) is 24.0 Å². The molecular weight excluding hydrogens is 449 g/mol. The van der Waals surface area contributed by atoms with E-state index in [0.717, 1.165) is 30.4 Å². The third-order valence-electron chi connectivity index (χ3n) is 3.22. The maximum absolute atomic E-state index is 5.53. The molecule has 0 spiro atoms. The van der Waals surface area contributed by atoms with Crippen LogP contribution in [0.2, 0.25) is 0 Å². The maximum atomic E-state index is 5.53. The number of benzene rings is 1. The van der Waals surface area contributed by atoms with Crippen molar-refractivity contribution < 1.29 is 18.9 Å². The first kappa shape index (κ1) is 24.7. The quantitative estimate of drug-likeness (QED) is 0.207. The second-order valence-corrected chi connectivity index (χ2v) is 5.14. The van der Waals surface area contributed by atoms with Crippen LogP contribution in [0.4, 0.5) is 5.69 Å². The Kier molecular flexibility index (Phi) is 15.2. The van der Waals surface area contributed by atoms with Crippen molar-refractivity contribution in [2.45, 2.75) is 20.3 Å². The minimum Gasteiger partial charge on any atom is -0.493 e. The van der Waals surface area contributed by atoms with Gasteiger partial charge in [-0.15, -0.1) is 24.0 Å². The van der Waals surface area contributed by atoms with E-state index in [1.165, 1.54) is 0 Å². The van der Waals surface area contributed by atoms with Crippen LogP contribution in [-0.2, 0) is 9.47 Å². The summed E-state index contributed by atoms with van der Waals surface area (Å²) in [5.74, 6) is 2.14. The topological polar surface area (TPSA) is 73.3 Å². The average molecular weight is 481 g/mol. The number of rotatable bonds is 12. The zero-order valence-corrected chi connectivity index (χ0v) is 18.5. The van der Waals surface area contributed by atoms with Gasteiger partial charge in [0.1, 0.15) is 0 Å². The molecule has 0 bridgehead atoms. The van der Waals surface area contributed by atoms with Gasteiger partial charge in [-0.3, -0.25) is 4.99 Å². The van der Waals surface area contributed by atoms with E-state index in [1.54, 1.807) is 14.2 Å². The molecule has 0 aliphatic rings. The van der Waals surface area contributed by atoms with Crippen LogP contribution in [0.25, 0.3) is 0 Å². The van der Waals surface area contributed by atoms with Crippen LogP contribution in [-0.4, -0.2) is 59.7 Å². The minimum atomic E-state index is 0. The van der Waals surface area contributed by atoms with Crippen LogP contribution < -0.4 is 20.1 Å². The third kappa shape index (κ3) is 10.0. The number of guanidine groups is 1. The normalized spacial score (nSPS) is 10.8. The highest BCUT2D eigenvalue weighted by molar-refractivity contribution is 14.0.